The maximum absolute atomic E-state index is 12.3. The number of hydrogen-bond acceptors (Lipinski definition) is 5. The summed E-state index contributed by atoms with van der Waals surface area (Å²) in [5.41, 5.74) is 8.71. The van der Waals surface area contributed by atoms with E-state index in [2.05, 4.69) is 26.2 Å². The monoisotopic (exact) mass is 308 g/mol. The molecule has 114 valence electrons. The number of nitriles is 1. The molecule has 9 heteroatoms. The van der Waals surface area contributed by atoms with Crippen molar-refractivity contribution in [1.29, 1.82) is 5.26 Å². The molecule has 23 heavy (non-hydrogen) atoms. The van der Waals surface area contributed by atoms with E-state index < -0.39 is 0 Å². The Labute approximate surface area is 131 Å². The number of anilines is 1. The van der Waals surface area contributed by atoms with Crippen LogP contribution in [0.2, 0.25) is 0 Å². The number of nitrogens with zero attached hydrogens (tertiary/aromatic N) is 8. The topological polar surface area (TPSA) is 124 Å². The van der Waals surface area contributed by atoms with Crippen LogP contribution >= 0.6 is 0 Å². The van der Waals surface area contributed by atoms with Gasteiger partial charge in [0.15, 0.2) is 11.6 Å². The maximum atomic E-state index is 12.3. The second-order valence-corrected chi connectivity index (χ2v) is 5.08. The molecular formula is C14H12N8O. The van der Waals surface area contributed by atoms with Gasteiger partial charge in [0.05, 0.1) is 6.20 Å². The summed E-state index contributed by atoms with van der Waals surface area (Å²) < 4.78 is 1.48. The Balaban J connectivity index is 1.99. The van der Waals surface area contributed by atoms with Gasteiger partial charge in [-0.3, -0.25) is 9.69 Å². The SMILES string of the molecule is N#Cc1cnn(-c2ccccn2)c1N1CC(CN=[N+]=[N-])CC1=O. The Morgan fingerprint density at radius 1 is 1.52 bits per heavy atom. The third kappa shape index (κ3) is 2.71. The molecule has 1 amide bonds. The molecular weight excluding hydrogens is 296 g/mol. The van der Waals surface area contributed by atoms with E-state index in [0.717, 1.165) is 0 Å². The maximum Gasteiger partial charge on any atom is 0.228 e. The van der Waals surface area contributed by atoms with Gasteiger partial charge in [-0.15, -0.1) is 0 Å². The van der Waals surface area contributed by atoms with Crippen LogP contribution in [-0.2, 0) is 4.79 Å². The summed E-state index contributed by atoms with van der Waals surface area (Å²) in [7, 11) is 0. The zero-order chi connectivity index (χ0) is 16.2. The van der Waals surface area contributed by atoms with Crippen LogP contribution in [0.25, 0.3) is 16.3 Å². The minimum Gasteiger partial charge on any atom is -0.295 e. The largest absolute Gasteiger partial charge is 0.295 e. The van der Waals surface area contributed by atoms with E-state index >= 15 is 0 Å². The molecule has 0 spiro atoms. The fourth-order valence-corrected chi connectivity index (χ4v) is 2.59. The molecule has 1 unspecified atom stereocenters. The van der Waals surface area contributed by atoms with E-state index in [0.29, 0.717) is 23.7 Å². The standard InChI is InChI=1S/C14H12N8O/c15-6-11-8-19-22(12-3-1-2-4-17-12)14(11)21-9-10(5-13(21)23)7-18-20-16/h1-4,8,10H,5,7,9H2. The molecule has 1 aliphatic heterocycles. The van der Waals surface area contributed by atoms with Crippen LogP contribution in [0.5, 0.6) is 0 Å². The van der Waals surface area contributed by atoms with Gasteiger partial charge < -0.3 is 0 Å². The lowest BCUT2D eigenvalue weighted by Gasteiger charge is -2.18. The smallest absolute Gasteiger partial charge is 0.228 e. The molecule has 0 bridgehead atoms. The molecule has 1 aliphatic rings. The normalized spacial score (nSPS) is 16.9. The first kappa shape index (κ1) is 14.6. The van der Waals surface area contributed by atoms with Crippen LogP contribution < -0.4 is 4.90 Å². The van der Waals surface area contributed by atoms with Gasteiger partial charge in [0, 0.05) is 30.6 Å². The summed E-state index contributed by atoms with van der Waals surface area (Å²) in [4.78, 5) is 20.8. The highest BCUT2D eigenvalue weighted by Gasteiger charge is 2.34. The van der Waals surface area contributed by atoms with Gasteiger partial charge in [0.2, 0.25) is 5.91 Å². The summed E-state index contributed by atoms with van der Waals surface area (Å²) >= 11 is 0. The highest BCUT2D eigenvalue weighted by molar-refractivity contribution is 5.96. The van der Waals surface area contributed by atoms with Crippen LogP contribution in [0.15, 0.2) is 35.7 Å². The second-order valence-electron chi connectivity index (χ2n) is 5.08. The van der Waals surface area contributed by atoms with Crippen LogP contribution in [-0.4, -0.2) is 33.8 Å². The number of carbonyl (C=O) groups is 1. The van der Waals surface area contributed by atoms with E-state index in [1.54, 1.807) is 24.4 Å². The molecule has 9 nitrogen and oxygen atoms in total. The van der Waals surface area contributed by atoms with Gasteiger partial charge in [-0.25, -0.2) is 4.98 Å². The molecule has 1 fully saturated rings. The quantitative estimate of drug-likeness (QED) is 0.485. The highest BCUT2D eigenvalue weighted by Crippen LogP contribution is 2.29. The van der Waals surface area contributed by atoms with Crippen molar-refractivity contribution in [3.63, 3.8) is 0 Å². The van der Waals surface area contributed by atoms with E-state index in [1.165, 1.54) is 15.8 Å². The second kappa shape index (κ2) is 6.17. The predicted octanol–water partition coefficient (Wildman–Crippen LogP) is 1.80. The van der Waals surface area contributed by atoms with Crippen molar-refractivity contribution >= 4 is 11.7 Å². The molecule has 0 aromatic carbocycles. The summed E-state index contributed by atoms with van der Waals surface area (Å²) in [5, 5.41) is 17.0. The van der Waals surface area contributed by atoms with Crippen LogP contribution in [0, 0.1) is 17.2 Å². The number of aromatic nitrogens is 3. The minimum atomic E-state index is -0.127. The summed E-state index contributed by atoms with van der Waals surface area (Å²) in [6.45, 7) is 0.628. The van der Waals surface area contributed by atoms with Crippen LogP contribution in [0.1, 0.15) is 12.0 Å². The highest BCUT2D eigenvalue weighted by atomic mass is 16.2. The van der Waals surface area contributed by atoms with E-state index in [9.17, 15) is 10.1 Å². The average molecular weight is 308 g/mol. The molecule has 2 aromatic heterocycles. The zero-order valence-corrected chi connectivity index (χ0v) is 12.1. The molecule has 0 radical (unpaired) electrons. The molecule has 0 saturated carbocycles. The van der Waals surface area contributed by atoms with Crippen LogP contribution in [0.4, 0.5) is 5.82 Å². The van der Waals surface area contributed by atoms with Crippen molar-refractivity contribution in [3.05, 3.63) is 46.6 Å². The molecule has 2 aromatic rings. The Morgan fingerprint density at radius 3 is 3.09 bits per heavy atom. The lowest BCUT2D eigenvalue weighted by molar-refractivity contribution is -0.117. The first-order valence-electron chi connectivity index (χ1n) is 6.95. The third-order valence-corrected chi connectivity index (χ3v) is 3.59. The third-order valence-electron chi connectivity index (χ3n) is 3.59. The van der Waals surface area contributed by atoms with Gasteiger partial charge in [-0.1, -0.05) is 11.2 Å². The number of pyridine rings is 1. The fraction of sp³-hybridized carbons (Fsp3) is 0.286. The number of rotatable bonds is 4. The zero-order valence-electron chi connectivity index (χ0n) is 12.1. The van der Waals surface area contributed by atoms with E-state index in [-0.39, 0.29) is 24.8 Å². The van der Waals surface area contributed by atoms with Crippen molar-refractivity contribution in [2.75, 3.05) is 18.0 Å². The van der Waals surface area contributed by atoms with Crippen molar-refractivity contribution in [2.45, 2.75) is 6.42 Å². The Morgan fingerprint density at radius 2 is 2.39 bits per heavy atom. The first-order valence-corrected chi connectivity index (χ1v) is 6.95. The Kier molecular flexibility index (Phi) is 3.91. The molecule has 1 atom stereocenters. The summed E-state index contributed by atoms with van der Waals surface area (Å²) in [5.74, 6) is 0.726. The van der Waals surface area contributed by atoms with Crippen molar-refractivity contribution in [2.24, 2.45) is 11.0 Å². The fourth-order valence-electron chi connectivity index (χ4n) is 2.59. The van der Waals surface area contributed by atoms with Crippen molar-refractivity contribution < 1.29 is 4.79 Å². The lowest BCUT2D eigenvalue weighted by Crippen LogP contribution is -2.28. The molecule has 3 heterocycles. The Hall–Kier alpha value is -3.37. The molecule has 0 aliphatic carbocycles. The van der Waals surface area contributed by atoms with E-state index in [4.69, 9.17) is 5.53 Å². The van der Waals surface area contributed by atoms with Crippen molar-refractivity contribution in [1.82, 2.24) is 14.8 Å². The number of hydrogen-bond donors (Lipinski definition) is 0. The molecule has 1 saturated heterocycles. The molecule has 3 rings (SSSR count). The lowest BCUT2D eigenvalue weighted by atomic mass is 10.1. The van der Waals surface area contributed by atoms with Gasteiger partial charge >= 0.3 is 0 Å². The number of carbonyl (C=O) groups excluding carboxylic acids is 1. The number of azide groups is 1. The van der Waals surface area contributed by atoms with Gasteiger partial charge in [-0.05, 0) is 23.6 Å². The minimum absolute atomic E-state index is 0.0722. The predicted molar refractivity (Wildman–Crippen MR) is 80.5 cm³/mol. The summed E-state index contributed by atoms with van der Waals surface area (Å²) in [6.07, 6.45) is 3.30. The molecule has 0 N–H and O–H groups in total. The summed E-state index contributed by atoms with van der Waals surface area (Å²) in [6, 6.07) is 7.37. The number of amides is 1. The van der Waals surface area contributed by atoms with Gasteiger partial charge in [-0.2, -0.15) is 15.0 Å². The van der Waals surface area contributed by atoms with Gasteiger partial charge in [0.25, 0.3) is 0 Å². The van der Waals surface area contributed by atoms with Gasteiger partial charge in [0.1, 0.15) is 11.6 Å². The van der Waals surface area contributed by atoms with Crippen molar-refractivity contribution in [3.8, 4) is 11.9 Å². The van der Waals surface area contributed by atoms with Crippen LogP contribution in [0.3, 0.4) is 0 Å². The first-order chi connectivity index (χ1) is 11.2. The van der Waals surface area contributed by atoms with E-state index in [1.807, 2.05) is 0 Å². The average Bonchev–Trinajstić information content (AvgIpc) is 3.16. The Bertz CT molecular complexity index is 815.